The van der Waals surface area contributed by atoms with E-state index in [0.717, 1.165) is 40.6 Å². The molecule has 0 unspecified atom stereocenters. The minimum absolute atomic E-state index is 0.0186. The number of para-hydroxylation sites is 1. The quantitative estimate of drug-likeness (QED) is 0.497. The van der Waals surface area contributed by atoms with Crippen LogP contribution in [0.2, 0.25) is 0 Å². The average molecular weight is 367 g/mol. The molecule has 0 amide bonds. The number of aryl methyl sites for hydroxylation is 1. The molecule has 0 fully saturated rings. The first kappa shape index (κ1) is 18.0. The monoisotopic (exact) mass is 367 g/mol. The Hall–Kier alpha value is -3.82. The van der Waals surface area contributed by atoms with Crippen LogP contribution in [0.3, 0.4) is 0 Å². The fraction of sp³-hybridized carbons (Fsp3) is 0.176. The van der Waals surface area contributed by atoms with E-state index in [1.165, 1.54) is 0 Å². The van der Waals surface area contributed by atoms with Crippen LogP contribution in [0.5, 0.6) is 0 Å². The standard InChI is InChI=1S/C17H17N7O3/c1-2-11-5-3-4-6-13(11)19-17-21-14(20-16(18)22-17)10-23-9-12(24(26)27)7-8-15(23)25/h3-9H,2,10H2,1H3,(H3,18,19,20,21,22). The lowest BCUT2D eigenvalue weighted by molar-refractivity contribution is -0.385. The van der Waals surface area contributed by atoms with Gasteiger partial charge in [0.25, 0.3) is 11.2 Å². The van der Waals surface area contributed by atoms with Gasteiger partial charge >= 0.3 is 0 Å². The second kappa shape index (κ2) is 7.60. The molecule has 10 heteroatoms. The topological polar surface area (TPSA) is 142 Å². The predicted octanol–water partition coefficient (Wildman–Crippen LogP) is 1.88. The minimum atomic E-state index is -0.577. The fourth-order valence-electron chi connectivity index (χ4n) is 2.54. The van der Waals surface area contributed by atoms with Gasteiger partial charge in [-0.3, -0.25) is 14.9 Å². The molecule has 0 atom stereocenters. The lowest BCUT2D eigenvalue weighted by Gasteiger charge is -2.11. The molecule has 3 N–H and O–H groups in total. The van der Waals surface area contributed by atoms with Gasteiger partial charge in [-0.25, -0.2) is 0 Å². The van der Waals surface area contributed by atoms with Gasteiger partial charge in [-0.2, -0.15) is 15.0 Å². The SMILES string of the molecule is CCc1ccccc1Nc1nc(N)nc(Cn2cc([N+](=O)[O-])ccc2=O)n1. The van der Waals surface area contributed by atoms with Crippen LogP contribution in [-0.4, -0.2) is 24.4 Å². The molecule has 2 aromatic heterocycles. The maximum atomic E-state index is 12.0. The van der Waals surface area contributed by atoms with Crippen molar-refractivity contribution in [3.05, 3.63) is 74.5 Å². The zero-order valence-electron chi connectivity index (χ0n) is 14.5. The molecule has 0 aliphatic heterocycles. The first-order chi connectivity index (χ1) is 13.0. The first-order valence-electron chi connectivity index (χ1n) is 8.16. The number of benzene rings is 1. The molecule has 1 aromatic carbocycles. The number of rotatable bonds is 6. The molecule has 0 saturated heterocycles. The van der Waals surface area contributed by atoms with Gasteiger partial charge in [0.1, 0.15) is 0 Å². The smallest absolute Gasteiger partial charge is 0.285 e. The molecule has 3 aromatic rings. The van der Waals surface area contributed by atoms with Crippen LogP contribution in [0.25, 0.3) is 0 Å². The lowest BCUT2D eigenvalue weighted by atomic mass is 10.1. The van der Waals surface area contributed by atoms with E-state index in [9.17, 15) is 14.9 Å². The summed E-state index contributed by atoms with van der Waals surface area (Å²) >= 11 is 0. The van der Waals surface area contributed by atoms with Crippen LogP contribution in [0, 0.1) is 10.1 Å². The fourth-order valence-corrected chi connectivity index (χ4v) is 2.54. The van der Waals surface area contributed by atoms with E-state index < -0.39 is 10.5 Å². The number of pyridine rings is 1. The largest absolute Gasteiger partial charge is 0.368 e. The highest BCUT2D eigenvalue weighted by atomic mass is 16.6. The Kier molecular flexibility index (Phi) is 5.06. The number of aromatic nitrogens is 4. The van der Waals surface area contributed by atoms with E-state index >= 15 is 0 Å². The van der Waals surface area contributed by atoms with Crippen molar-refractivity contribution in [1.82, 2.24) is 19.5 Å². The van der Waals surface area contributed by atoms with Gasteiger partial charge in [0.2, 0.25) is 11.9 Å². The average Bonchev–Trinajstić information content (AvgIpc) is 2.63. The van der Waals surface area contributed by atoms with Gasteiger partial charge in [0.05, 0.1) is 17.7 Å². The third-order valence-corrected chi connectivity index (χ3v) is 3.83. The summed E-state index contributed by atoms with van der Waals surface area (Å²) in [5.41, 5.74) is 7.06. The number of anilines is 3. The maximum Gasteiger partial charge on any atom is 0.285 e. The summed E-state index contributed by atoms with van der Waals surface area (Å²) in [5.74, 6) is 0.424. The van der Waals surface area contributed by atoms with Gasteiger partial charge in [0, 0.05) is 17.8 Å². The molecule has 0 saturated carbocycles. The molecule has 2 heterocycles. The van der Waals surface area contributed by atoms with Crippen LogP contribution >= 0.6 is 0 Å². The Bertz CT molecular complexity index is 1050. The second-order valence-electron chi connectivity index (χ2n) is 5.68. The van der Waals surface area contributed by atoms with Crippen LogP contribution in [0.15, 0.2) is 47.4 Å². The molecule has 0 radical (unpaired) electrons. The molecular formula is C17H17N7O3. The zero-order chi connectivity index (χ0) is 19.4. The van der Waals surface area contributed by atoms with Gasteiger partial charge in [-0.15, -0.1) is 0 Å². The van der Waals surface area contributed by atoms with Crippen LogP contribution in [0.4, 0.5) is 23.3 Å². The van der Waals surface area contributed by atoms with Gasteiger partial charge in [-0.05, 0) is 18.1 Å². The normalized spacial score (nSPS) is 10.6. The third-order valence-electron chi connectivity index (χ3n) is 3.83. The number of nitrogen functional groups attached to an aromatic ring is 1. The molecule has 10 nitrogen and oxygen atoms in total. The van der Waals surface area contributed by atoms with Crippen molar-refractivity contribution in [2.75, 3.05) is 11.1 Å². The van der Waals surface area contributed by atoms with Crippen molar-refractivity contribution in [3.63, 3.8) is 0 Å². The number of hydrogen-bond acceptors (Lipinski definition) is 8. The van der Waals surface area contributed by atoms with E-state index in [4.69, 9.17) is 5.73 Å². The summed E-state index contributed by atoms with van der Waals surface area (Å²) < 4.78 is 1.15. The molecule has 0 aliphatic carbocycles. The van der Waals surface area contributed by atoms with E-state index in [2.05, 4.69) is 20.3 Å². The van der Waals surface area contributed by atoms with E-state index in [-0.39, 0.29) is 30.0 Å². The molecule has 138 valence electrons. The summed E-state index contributed by atoms with van der Waals surface area (Å²) in [6, 6.07) is 9.97. The second-order valence-corrected chi connectivity index (χ2v) is 5.68. The van der Waals surface area contributed by atoms with E-state index in [1.54, 1.807) is 0 Å². The highest BCUT2D eigenvalue weighted by molar-refractivity contribution is 5.58. The summed E-state index contributed by atoms with van der Waals surface area (Å²) in [6.07, 6.45) is 1.96. The van der Waals surface area contributed by atoms with Gasteiger partial charge in [-0.1, -0.05) is 25.1 Å². The van der Waals surface area contributed by atoms with Crippen molar-refractivity contribution >= 4 is 23.3 Å². The number of hydrogen-bond donors (Lipinski definition) is 2. The van der Waals surface area contributed by atoms with Crippen molar-refractivity contribution in [1.29, 1.82) is 0 Å². The zero-order valence-corrected chi connectivity index (χ0v) is 14.5. The molecule has 27 heavy (non-hydrogen) atoms. The predicted molar refractivity (Wildman–Crippen MR) is 99.8 cm³/mol. The Morgan fingerprint density at radius 1 is 1.19 bits per heavy atom. The lowest BCUT2D eigenvalue weighted by Crippen LogP contribution is -2.21. The van der Waals surface area contributed by atoms with Gasteiger partial charge < -0.3 is 15.6 Å². The molecule has 0 bridgehead atoms. The molecule has 0 aliphatic rings. The summed E-state index contributed by atoms with van der Waals surface area (Å²) in [7, 11) is 0. The van der Waals surface area contributed by atoms with E-state index in [0.29, 0.717) is 0 Å². The highest BCUT2D eigenvalue weighted by Crippen LogP contribution is 2.19. The van der Waals surface area contributed by atoms with Crippen molar-refractivity contribution in [2.45, 2.75) is 19.9 Å². The maximum absolute atomic E-state index is 12.0. The number of nitro groups is 1. The summed E-state index contributed by atoms with van der Waals surface area (Å²) in [6.45, 7) is 1.96. The number of nitrogens with zero attached hydrogens (tertiary/aromatic N) is 5. The van der Waals surface area contributed by atoms with Crippen molar-refractivity contribution in [2.24, 2.45) is 0 Å². The van der Waals surface area contributed by atoms with Crippen LogP contribution < -0.4 is 16.6 Å². The Morgan fingerprint density at radius 2 is 1.96 bits per heavy atom. The molecular weight excluding hydrogens is 350 g/mol. The summed E-state index contributed by atoms with van der Waals surface area (Å²) in [5, 5.41) is 14.0. The Balaban J connectivity index is 1.91. The number of nitrogens with one attached hydrogen (secondary N) is 1. The minimum Gasteiger partial charge on any atom is -0.368 e. The first-order valence-corrected chi connectivity index (χ1v) is 8.16. The molecule has 3 rings (SSSR count). The van der Waals surface area contributed by atoms with Crippen LogP contribution in [0.1, 0.15) is 18.3 Å². The van der Waals surface area contributed by atoms with Crippen LogP contribution in [-0.2, 0) is 13.0 Å². The number of nitrogens with two attached hydrogens (primary N) is 1. The highest BCUT2D eigenvalue weighted by Gasteiger charge is 2.11. The Labute approximate surface area is 153 Å². The van der Waals surface area contributed by atoms with Gasteiger partial charge in [0.15, 0.2) is 5.82 Å². The third kappa shape index (κ3) is 4.24. The van der Waals surface area contributed by atoms with Crippen molar-refractivity contribution in [3.8, 4) is 0 Å². The van der Waals surface area contributed by atoms with Crippen molar-refractivity contribution < 1.29 is 4.92 Å². The van der Waals surface area contributed by atoms with E-state index in [1.807, 2.05) is 31.2 Å². The Morgan fingerprint density at radius 3 is 2.70 bits per heavy atom. The summed E-state index contributed by atoms with van der Waals surface area (Å²) in [4.78, 5) is 34.6. The molecule has 0 spiro atoms.